The lowest BCUT2D eigenvalue weighted by molar-refractivity contribution is -0.384. The van der Waals surface area contributed by atoms with E-state index in [-0.39, 0.29) is 24.1 Å². The molecule has 0 spiro atoms. The predicted molar refractivity (Wildman–Crippen MR) is 52.6 cm³/mol. The van der Waals surface area contributed by atoms with Gasteiger partial charge in [-0.3, -0.25) is 14.9 Å². The van der Waals surface area contributed by atoms with Gasteiger partial charge in [0.25, 0.3) is 5.69 Å². The molecule has 7 heteroatoms. The smallest absolute Gasteiger partial charge is 0.371 e. The van der Waals surface area contributed by atoms with E-state index in [9.17, 15) is 19.7 Å². The molecule has 0 aliphatic heterocycles. The third kappa shape index (κ3) is 3.84. The summed E-state index contributed by atoms with van der Waals surface area (Å²) in [7, 11) is 0. The zero-order valence-electron chi connectivity index (χ0n) is 8.08. The maximum Gasteiger partial charge on any atom is 0.371 e. The van der Waals surface area contributed by atoms with Gasteiger partial charge < -0.3 is 10.2 Å². The first-order chi connectivity index (χ1) is 7.13. The van der Waals surface area contributed by atoms with E-state index in [2.05, 4.69) is 4.74 Å². The summed E-state index contributed by atoms with van der Waals surface area (Å²) >= 11 is 0. The molecule has 0 saturated heterocycles. The highest BCUT2D eigenvalue weighted by Crippen LogP contribution is 2.12. The summed E-state index contributed by atoms with van der Waals surface area (Å²) in [5.41, 5.74) is 0.538. The van der Waals surface area contributed by atoms with Gasteiger partial charge in [-0.2, -0.15) is 0 Å². The number of hydrogen-bond donors (Lipinski definition) is 0. The molecule has 0 saturated carbocycles. The van der Waals surface area contributed by atoms with Crippen LogP contribution in [0.4, 0.5) is 5.69 Å². The molecule has 0 atom stereocenters. The molecule has 2 N–H and O–H groups in total. The van der Waals surface area contributed by atoms with Crippen LogP contribution in [0, 0.1) is 10.1 Å². The van der Waals surface area contributed by atoms with Gasteiger partial charge in [-0.15, -0.1) is 0 Å². The summed E-state index contributed by atoms with van der Waals surface area (Å²) in [4.78, 5) is 30.1. The lowest BCUT2D eigenvalue weighted by Crippen LogP contribution is -2.04. The van der Waals surface area contributed by atoms with Gasteiger partial charge in [0.1, 0.15) is 6.61 Å². The SMILES string of the molecule is O.O=CC(=O)OCc1ccc([N+](=O)[O-])cc1. The van der Waals surface area contributed by atoms with Gasteiger partial charge >= 0.3 is 5.97 Å². The average molecular weight is 227 g/mol. The molecule has 0 aliphatic rings. The number of non-ortho nitro benzene ring substituents is 1. The summed E-state index contributed by atoms with van der Waals surface area (Å²) in [5, 5.41) is 10.3. The standard InChI is InChI=1S/C9H7NO5.H2O/c11-5-9(12)15-6-7-1-3-8(4-2-7)10(13)14;/h1-5H,6H2;1H2. The maximum atomic E-state index is 10.5. The van der Waals surface area contributed by atoms with E-state index in [1.54, 1.807) is 0 Å². The zero-order chi connectivity index (χ0) is 11.3. The number of hydrogen-bond acceptors (Lipinski definition) is 5. The Labute approximate surface area is 90.1 Å². The number of aldehydes is 1. The molecule has 1 aromatic carbocycles. The minimum absolute atomic E-state index is 0. The fourth-order valence-corrected chi connectivity index (χ4v) is 0.902. The van der Waals surface area contributed by atoms with Crippen LogP contribution in [-0.2, 0) is 20.9 Å². The zero-order valence-corrected chi connectivity index (χ0v) is 8.08. The average Bonchev–Trinajstić information content (AvgIpc) is 2.26. The van der Waals surface area contributed by atoms with Gasteiger partial charge in [0, 0.05) is 12.1 Å². The van der Waals surface area contributed by atoms with Crippen LogP contribution < -0.4 is 0 Å². The van der Waals surface area contributed by atoms with Crippen LogP contribution in [0.2, 0.25) is 0 Å². The molecular formula is C9H9NO6. The third-order valence-electron chi connectivity index (χ3n) is 1.62. The molecule has 0 fully saturated rings. The number of rotatable bonds is 4. The van der Waals surface area contributed by atoms with Crippen LogP contribution >= 0.6 is 0 Å². The Morgan fingerprint density at radius 3 is 2.38 bits per heavy atom. The van der Waals surface area contributed by atoms with Crippen LogP contribution in [0.5, 0.6) is 0 Å². The predicted octanol–water partition coefficient (Wildman–Crippen LogP) is 0.0122. The van der Waals surface area contributed by atoms with Crippen molar-refractivity contribution in [2.75, 3.05) is 0 Å². The molecule has 0 heterocycles. The molecule has 0 unspecified atom stereocenters. The fraction of sp³-hybridized carbons (Fsp3) is 0.111. The molecule has 16 heavy (non-hydrogen) atoms. The summed E-state index contributed by atoms with van der Waals surface area (Å²) in [5.74, 6) is -0.964. The van der Waals surface area contributed by atoms with E-state index in [1.807, 2.05) is 0 Å². The molecule has 7 nitrogen and oxygen atoms in total. The van der Waals surface area contributed by atoms with Crippen molar-refractivity contribution in [2.45, 2.75) is 6.61 Å². The lowest BCUT2D eigenvalue weighted by atomic mass is 10.2. The Morgan fingerprint density at radius 1 is 1.38 bits per heavy atom. The van der Waals surface area contributed by atoms with Crippen molar-refractivity contribution in [2.24, 2.45) is 0 Å². The second kappa shape index (κ2) is 6.25. The summed E-state index contributed by atoms with van der Waals surface area (Å²) < 4.78 is 4.50. The van der Waals surface area contributed by atoms with E-state index in [4.69, 9.17) is 0 Å². The van der Waals surface area contributed by atoms with E-state index in [1.165, 1.54) is 24.3 Å². The molecule has 0 amide bonds. The summed E-state index contributed by atoms with van der Waals surface area (Å²) in [6, 6.07) is 5.50. The van der Waals surface area contributed by atoms with Gasteiger partial charge in [-0.1, -0.05) is 0 Å². The van der Waals surface area contributed by atoms with Gasteiger partial charge in [-0.05, 0) is 17.7 Å². The Bertz CT molecular complexity index is 385. The van der Waals surface area contributed by atoms with Crippen molar-refractivity contribution in [1.29, 1.82) is 0 Å². The first kappa shape index (κ1) is 13.7. The number of nitrogens with zero attached hydrogens (tertiary/aromatic N) is 1. The normalized spacial score (nSPS) is 8.75. The van der Waals surface area contributed by atoms with E-state index in [0.717, 1.165) is 0 Å². The molecule has 1 rings (SSSR count). The molecule has 86 valence electrons. The van der Waals surface area contributed by atoms with Crippen molar-refractivity contribution < 1.29 is 24.7 Å². The highest BCUT2D eigenvalue weighted by molar-refractivity contribution is 6.20. The van der Waals surface area contributed by atoms with Crippen molar-refractivity contribution in [1.82, 2.24) is 0 Å². The second-order valence-corrected chi connectivity index (χ2v) is 2.65. The minimum Gasteiger partial charge on any atom is -0.455 e. The van der Waals surface area contributed by atoms with E-state index < -0.39 is 10.9 Å². The summed E-state index contributed by atoms with van der Waals surface area (Å²) in [6.07, 6.45) is 0.0609. The van der Waals surface area contributed by atoms with Crippen LogP contribution in [-0.4, -0.2) is 22.7 Å². The number of nitro benzene ring substituents is 1. The Hall–Kier alpha value is -2.28. The number of esters is 1. The highest BCUT2D eigenvalue weighted by atomic mass is 16.6. The van der Waals surface area contributed by atoms with Gasteiger partial charge in [0.05, 0.1) is 4.92 Å². The van der Waals surface area contributed by atoms with Gasteiger partial charge in [0.2, 0.25) is 6.29 Å². The quantitative estimate of drug-likeness (QED) is 0.236. The number of carbonyl (C=O) groups excluding carboxylic acids is 2. The Kier molecular flexibility index (Phi) is 5.36. The van der Waals surface area contributed by atoms with Crippen molar-refractivity contribution >= 4 is 17.9 Å². The number of nitro groups is 1. The molecular weight excluding hydrogens is 218 g/mol. The first-order valence-corrected chi connectivity index (χ1v) is 3.98. The lowest BCUT2D eigenvalue weighted by Gasteiger charge is -2.00. The van der Waals surface area contributed by atoms with E-state index in [0.29, 0.717) is 5.56 Å². The molecule has 0 radical (unpaired) electrons. The molecule has 0 bridgehead atoms. The minimum atomic E-state index is -0.964. The van der Waals surface area contributed by atoms with Gasteiger partial charge in [0.15, 0.2) is 0 Å². The molecule has 1 aromatic rings. The number of ether oxygens (including phenoxy) is 1. The topological polar surface area (TPSA) is 118 Å². The fourth-order valence-electron chi connectivity index (χ4n) is 0.902. The van der Waals surface area contributed by atoms with Crippen molar-refractivity contribution in [3.8, 4) is 0 Å². The van der Waals surface area contributed by atoms with Crippen LogP contribution in [0.25, 0.3) is 0 Å². The van der Waals surface area contributed by atoms with Crippen molar-refractivity contribution in [3.63, 3.8) is 0 Å². The largest absolute Gasteiger partial charge is 0.455 e. The van der Waals surface area contributed by atoms with Crippen LogP contribution in [0.3, 0.4) is 0 Å². The monoisotopic (exact) mass is 227 g/mol. The third-order valence-corrected chi connectivity index (χ3v) is 1.62. The maximum absolute atomic E-state index is 10.5. The van der Waals surface area contributed by atoms with Gasteiger partial charge in [-0.25, -0.2) is 4.79 Å². The summed E-state index contributed by atoms with van der Waals surface area (Å²) in [6.45, 7) is -0.0738. The first-order valence-electron chi connectivity index (χ1n) is 3.98. The highest BCUT2D eigenvalue weighted by Gasteiger charge is 2.05. The van der Waals surface area contributed by atoms with E-state index >= 15 is 0 Å². The Morgan fingerprint density at radius 2 is 1.94 bits per heavy atom. The molecule has 0 aromatic heterocycles. The Balaban J connectivity index is 0.00000225. The molecule has 0 aliphatic carbocycles. The number of carbonyl (C=O) groups is 2. The second-order valence-electron chi connectivity index (χ2n) is 2.65. The number of benzene rings is 1. The van der Waals surface area contributed by atoms with Crippen LogP contribution in [0.1, 0.15) is 5.56 Å². The van der Waals surface area contributed by atoms with Crippen molar-refractivity contribution in [3.05, 3.63) is 39.9 Å². The van der Waals surface area contributed by atoms with Crippen LogP contribution in [0.15, 0.2) is 24.3 Å².